The monoisotopic (exact) mass is 273 g/mol. The van der Waals surface area contributed by atoms with Crippen LogP contribution in [0.25, 0.3) is 0 Å². The highest BCUT2D eigenvalue weighted by atomic mass is 35.5. The van der Waals surface area contributed by atoms with Crippen LogP contribution in [0.2, 0.25) is 5.02 Å². The average Bonchev–Trinajstić information content (AvgIpc) is 2.30. The summed E-state index contributed by atoms with van der Waals surface area (Å²) < 4.78 is 18.0. The minimum absolute atomic E-state index is 0.273. The van der Waals surface area contributed by atoms with Crippen molar-refractivity contribution in [3.63, 3.8) is 0 Å². The molecule has 1 rings (SSSR count). The van der Waals surface area contributed by atoms with Gasteiger partial charge in [-0.05, 0) is 23.6 Å². The molecule has 1 unspecified atom stereocenters. The van der Waals surface area contributed by atoms with E-state index < -0.39 is 0 Å². The van der Waals surface area contributed by atoms with Crippen molar-refractivity contribution in [3.05, 3.63) is 34.6 Å². The minimum atomic E-state index is -0.293. The van der Waals surface area contributed by atoms with Crippen molar-refractivity contribution >= 4 is 11.6 Å². The van der Waals surface area contributed by atoms with Crippen LogP contribution in [0, 0.1) is 11.7 Å². The van der Waals surface area contributed by atoms with Gasteiger partial charge in [-0.3, -0.25) is 0 Å². The fourth-order valence-corrected chi connectivity index (χ4v) is 2.25. The first-order valence-corrected chi connectivity index (χ1v) is 6.58. The zero-order valence-electron chi connectivity index (χ0n) is 11.2. The van der Waals surface area contributed by atoms with Crippen LogP contribution < -0.4 is 5.32 Å². The van der Waals surface area contributed by atoms with Crippen molar-refractivity contribution in [3.8, 4) is 0 Å². The largest absolute Gasteiger partial charge is 0.383 e. The molecule has 1 atom stereocenters. The molecule has 0 amide bonds. The highest BCUT2D eigenvalue weighted by Crippen LogP contribution is 2.30. The molecular formula is C14H21ClFNO. The summed E-state index contributed by atoms with van der Waals surface area (Å²) in [4.78, 5) is 0. The Balaban J connectivity index is 2.71. The Bertz CT molecular complexity index is 371. The number of halogens is 2. The molecule has 0 spiro atoms. The van der Waals surface area contributed by atoms with Crippen LogP contribution >= 0.6 is 11.6 Å². The number of benzene rings is 1. The highest BCUT2D eigenvalue weighted by molar-refractivity contribution is 6.31. The standard InChI is InChI=1S/C14H21ClFNO/c1-10(2)13(9-17-6-7-18-3)12-5-4-11(16)8-14(12)15/h4-5,8,10,13,17H,6-7,9H2,1-3H3. The summed E-state index contributed by atoms with van der Waals surface area (Å²) in [6, 6.07) is 4.62. The van der Waals surface area contributed by atoms with Gasteiger partial charge >= 0.3 is 0 Å². The van der Waals surface area contributed by atoms with Crippen molar-refractivity contribution in [1.29, 1.82) is 0 Å². The number of methoxy groups -OCH3 is 1. The second kappa shape index (κ2) is 7.72. The molecule has 102 valence electrons. The second-order valence-electron chi connectivity index (χ2n) is 4.71. The SMILES string of the molecule is COCCNCC(c1ccc(F)cc1Cl)C(C)C. The van der Waals surface area contributed by atoms with E-state index in [2.05, 4.69) is 19.2 Å². The molecule has 0 fully saturated rings. The predicted octanol–water partition coefficient (Wildman–Crippen LogP) is 3.45. The van der Waals surface area contributed by atoms with Gasteiger partial charge < -0.3 is 10.1 Å². The van der Waals surface area contributed by atoms with Crippen LogP contribution in [-0.4, -0.2) is 26.8 Å². The summed E-state index contributed by atoms with van der Waals surface area (Å²) >= 11 is 6.12. The molecule has 0 aromatic heterocycles. The highest BCUT2D eigenvalue weighted by Gasteiger charge is 2.18. The van der Waals surface area contributed by atoms with E-state index in [1.807, 2.05) is 0 Å². The lowest BCUT2D eigenvalue weighted by atomic mass is 9.88. The van der Waals surface area contributed by atoms with Gasteiger partial charge in [0.05, 0.1) is 6.61 Å². The van der Waals surface area contributed by atoms with Gasteiger partial charge in [0, 0.05) is 31.1 Å². The van der Waals surface area contributed by atoms with E-state index in [4.69, 9.17) is 16.3 Å². The van der Waals surface area contributed by atoms with Gasteiger partial charge in [-0.1, -0.05) is 31.5 Å². The van der Waals surface area contributed by atoms with Gasteiger partial charge in [0.1, 0.15) is 5.82 Å². The van der Waals surface area contributed by atoms with Crippen LogP contribution in [0.15, 0.2) is 18.2 Å². The molecule has 4 heteroatoms. The van der Waals surface area contributed by atoms with Gasteiger partial charge in [0.25, 0.3) is 0 Å². The molecule has 0 saturated heterocycles. The van der Waals surface area contributed by atoms with E-state index in [-0.39, 0.29) is 11.7 Å². The quantitative estimate of drug-likeness (QED) is 0.769. The molecule has 0 aliphatic rings. The van der Waals surface area contributed by atoms with E-state index in [0.717, 1.165) is 18.7 Å². The van der Waals surface area contributed by atoms with E-state index in [9.17, 15) is 4.39 Å². The lowest BCUT2D eigenvalue weighted by molar-refractivity contribution is 0.198. The Hall–Kier alpha value is -0.640. The first-order chi connectivity index (χ1) is 8.56. The van der Waals surface area contributed by atoms with Gasteiger partial charge in [0.2, 0.25) is 0 Å². The molecule has 0 saturated carbocycles. The van der Waals surface area contributed by atoms with Crippen LogP contribution in [0.4, 0.5) is 4.39 Å². The van der Waals surface area contributed by atoms with Crippen molar-refractivity contribution in [2.75, 3.05) is 26.8 Å². The average molecular weight is 274 g/mol. The second-order valence-corrected chi connectivity index (χ2v) is 5.12. The molecule has 0 heterocycles. The van der Waals surface area contributed by atoms with Crippen molar-refractivity contribution in [2.24, 2.45) is 5.92 Å². The first kappa shape index (κ1) is 15.4. The van der Waals surface area contributed by atoms with Gasteiger partial charge in [-0.25, -0.2) is 4.39 Å². The third-order valence-corrected chi connectivity index (χ3v) is 3.34. The van der Waals surface area contributed by atoms with Gasteiger partial charge in [-0.2, -0.15) is 0 Å². The third kappa shape index (κ3) is 4.56. The minimum Gasteiger partial charge on any atom is -0.383 e. The molecule has 1 aromatic rings. The smallest absolute Gasteiger partial charge is 0.124 e. The third-order valence-electron chi connectivity index (χ3n) is 3.01. The summed E-state index contributed by atoms with van der Waals surface area (Å²) in [5.41, 5.74) is 0.998. The normalized spacial score (nSPS) is 13.0. The number of rotatable bonds is 7. The van der Waals surface area contributed by atoms with Crippen molar-refractivity contribution < 1.29 is 9.13 Å². The van der Waals surface area contributed by atoms with Crippen LogP contribution in [0.5, 0.6) is 0 Å². The zero-order chi connectivity index (χ0) is 13.5. The molecule has 0 radical (unpaired) electrons. The van der Waals surface area contributed by atoms with E-state index in [1.165, 1.54) is 12.1 Å². The number of hydrogen-bond acceptors (Lipinski definition) is 2. The molecule has 0 aliphatic carbocycles. The lowest BCUT2D eigenvalue weighted by Gasteiger charge is -2.23. The Kier molecular flexibility index (Phi) is 6.61. The van der Waals surface area contributed by atoms with E-state index in [1.54, 1.807) is 13.2 Å². The topological polar surface area (TPSA) is 21.3 Å². The maximum atomic E-state index is 13.0. The van der Waals surface area contributed by atoms with Gasteiger partial charge in [0.15, 0.2) is 0 Å². The molecule has 2 nitrogen and oxygen atoms in total. The van der Waals surface area contributed by atoms with Crippen LogP contribution in [-0.2, 0) is 4.74 Å². The van der Waals surface area contributed by atoms with Crippen molar-refractivity contribution in [1.82, 2.24) is 5.32 Å². The van der Waals surface area contributed by atoms with E-state index in [0.29, 0.717) is 17.5 Å². The van der Waals surface area contributed by atoms with Gasteiger partial charge in [-0.15, -0.1) is 0 Å². The Morgan fingerprint density at radius 3 is 2.67 bits per heavy atom. The number of hydrogen-bond donors (Lipinski definition) is 1. The van der Waals surface area contributed by atoms with Crippen LogP contribution in [0.3, 0.4) is 0 Å². The zero-order valence-corrected chi connectivity index (χ0v) is 11.9. The number of nitrogens with one attached hydrogen (secondary N) is 1. The molecule has 1 aromatic carbocycles. The molecule has 1 N–H and O–H groups in total. The Morgan fingerprint density at radius 1 is 1.39 bits per heavy atom. The molecular weight excluding hydrogens is 253 g/mol. The lowest BCUT2D eigenvalue weighted by Crippen LogP contribution is -2.27. The fourth-order valence-electron chi connectivity index (χ4n) is 1.94. The Labute approximate surface area is 113 Å². The Morgan fingerprint density at radius 2 is 2.11 bits per heavy atom. The summed E-state index contributed by atoms with van der Waals surface area (Å²) in [6.45, 7) is 6.58. The number of ether oxygens (including phenoxy) is 1. The maximum absolute atomic E-state index is 13.0. The molecule has 0 aliphatic heterocycles. The first-order valence-electron chi connectivity index (χ1n) is 6.20. The fraction of sp³-hybridized carbons (Fsp3) is 0.571. The molecule has 0 bridgehead atoms. The predicted molar refractivity (Wildman–Crippen MR) is 73.7 cm³/mol. The van der Waals surface area contributed by atoms with Crippen molar-refractivity contribution in [2.45, 2.75) is 19.8 Å². The van der Waals surface area contributed by atoms with E-state index >= 15 is 0 Å². The maximum Gasteiger partial charge on any atom is 0.124 e. The summed E-state index contributed by atoms with van der Waals surface area (Å²) in [5.74, 6) is 0.413. The molecule has 18 heavy (non-hydrogen) atoms. The summed E-state index contributed by atoms with van der Waals surface area (Å²) in [5, 5.41) is 3.83. The summed E-state index contributed by atoms with van der Waals surface area (Å²) in [6.07, 6.45) is 0. The summed E-state index contributed by atoms with van der Waals surface area (Å²) in [7, 11) is 1.68. The van der Waals surface area contributed by atoms with Crippen LogP contribution in [0.1, 0.15) is 25.3 Å².